The highest BCUT2D eigenvalue weighted by Gasteiger charge is 2.32. The number of hydrogen-bond donors (Lipinski definition) is 0. The third kappa shape index (κ3) is 5.71. The Morgan fingerprint density at radius 1 is 0.483 bits per heavy atom. The number of anilines is 3. The molecule has 12 rings (SSSR count). The normalized spacial score (nSPS) is 16.6. The van der Waals surface area contributed by atoms with Gasteiger partial charge in [-0.1, -0.05) is 163 Å². The molecule has 2 atom stereocenters. The quantitative estimate of drug-likeness (QED) is 0.164. The molecular formula is C58H42N2. The van der Waals surface area contributed by atoms with Gasteiger partial charge in [0.25, 0.3) is 0 Å². The van der Waals surface area contributed by atoms with E-state index in [2.05, 4.69) is 228 Å². The second-order valence-electron chi connectivity index (χ2n) is 16.5. The van der Waals surface area contributed by atoms with Crippen LogP contribution in [0.1, 0.15) is 11.1 Å². The number of allylic oxidation sites excluding steroid dienone is 8. The molecule has 8 aromatic carbocycles. The van der Waals surface area contributed by atoms with E-state index in [0.29, 0.717) is 11.8 Å². The molecule has 0 bridgehead atoms. The van der Waals surface area contributed by atoms with Gasteiger partial charge in [-0.2, -0.15) is 0 Å². The van der Waals surface area contributed by atoms with Crippen molar-refractivity contribution in [3.63, 3.8) is 0 Å². The number of fused-ring (bicyclic) bond motifs is 3. The monoisotopic (exact) mass is 766 g/mol. The Kier molecular flexibility index (Phi) is 8.16. The van der Waals surface area contributed by atoms with Crippen LogP contribution in [0.2, 0.25) is 0 Å². The third-order valence-electron chi connectivity index (χ3n) is 13.1. The first-order chi connectivity index (χ1) is 29.7. The highest BCUT2D eigenvalue weighted by atomic mass is 15.1. The number of aromatic nitrogens is 1. The SMILES string of the molecule is C1=CC2=CC=CC3Cc4cccc5c(N(c6ccc(-c7ccccc7)cc6)c6ccc(-n7c8ccccc8c8cc(-c9ccccc9)ccc87)cc6)ccc(c45)CC(=C1)C23. The van der Waals surface area contributed by atoms with Gasteiger partial charge in [-0.25, -0.2) is 0 Å². The summed E-state index contributed by atoms with van der Waals surface area (Å²) in [5.41, 5.74) is 17.7. The average Bonchev–Trinajstić information content (AvgIpc) is 3.64. The molecule has 0 radical (unpaired) electrons. The molecule has 0 saturated carbocycles. The molecule has 0 amide bonds. The summed E-state index contributed by atoms with van der Waals surface area (Å²) in [6.07, 6.45) is 15.9. The highest BCUT2D eigenvalue weighted by molar-refractivity contribution is 6.10. The molecule has 284 valence electrons. The molecule has 0 aliphatic heterocycles. The van der Waals surface area contributed by atoms with Crippen molar-refractivity contribution < 1.29 is 0 Å². The zero-order valence-electron chi connectivity index (χ0n) is 33.2. The van der Waals surface area contributed by atoms with Gasteiger partial charge in [0, 0.05) is 39.1 Å². The topological polar surface area (TPSA) is 8.17 Å². The van der Waals surface area contributed by atoms with Gasteiger partial charge >= 0.3 is 0 Å². The van der Waals surface area contributed by atoms with Crippen molar-refractivity contribution >= 4 is 49.6 Å². The molecule has 0 N–H and O–H groups in total. The van der Waals surface area contributed by atoms with E-state index in [1.807, 2.05) is 0 Å². The Bertz CT molecular complexity index is 3230. The second-order valence-corrected chi connectivity index (χ2v) is 16.5. The van der Waals surface area contributed by atoms with Gasteiger partial charge in [-0.3, -0.25) is 0 Å². The van der Waals surface area contributed by atoms with Crippen LogP contribution in [-0.2, 0) is 12.8 Å². The minimum atomic E-state index is 0.446. The summed E-state index contributed by atoms with van der Waals surface area (Å²) in [6, 6.07) is 67.1. The van der Waals surface area contributed by atoms with Gasteiger partial charge in [0.15, 0.2) is 0 Å². The van der Waals surface area contributed by atoms with Crippen molar-refractivity contribution in [2.45, 2.75) is 12.8 Å². The second kappa shape index (κ2) is 14.1. The minimum absolute atomic E-state index is 0.446. The average molecular weight is 767 g/mol. The molecular weight excluding hydrogens is 725 g/mol. The Hall–Kier alpha value is -7.42. The fraction of sp³-hybridized carbons (Fsp3) is 0.0690. The van der Waals surface area contributed by atoms with Crippen molar-refractivity contribution in [2.75, 3.05) is 4.90 Å². The summed E-state index contributed by atoms with van der Waals surface area (Å²) in [7, 11) is 0. The fourth-order valence-corrected chi connectivity index (χ4v) is 10.4. The summed E-state index contributed by atoms with van der Waals surface area (Å²) >= 11 is 0. The summed E-state index contributed by atoms with van der Waals surface area (Å²) < 4.78 is 2.42. The molecule has 0 saturated heterocycles. The van der Waals surface area contributed by atoms with Crippen LogP contribution >= 0.6 is 0 Å². The van der Waals surface area contributed by atoms with Gasteiger partial charge in [-0.05, 0) is 124 Å². The van der Waals surface area contributed by atoms with Gasteiger partial charge in [0.1, 0.15) is 0 Å². The van der Waals surface area contributed by atoms with E-state index in [-0.39, 0.29) is 0 Å². The number of para-hydroxylation sites is 1. The van der Waals surface area contributed by atoms with Gasteiger partial charge < -0.3 is 9.47 Å². The van der Waals surface area contributed by atoms with Crippen LogP contribution in [-0.4, -0.2) is 4.57 Å². The molecule has 2 heteroatoms. The van der Waals surface area contributed by atoms with E-state index >= 15 is 0 Å². The number of benzene rings is 8. The summed E-state index contributed by atoms with van der Waals surface area (Å²) in [6.45, 7) is 0. The molecule has 9 aromatic rings. The Labute approximate surface area is 351 Å². The lowest BCUT2D eigenvalue weighted by molar-refractivity contribution is 0.497. The molecule has 0 spiro atoms. The molecule has 1 heterocycles. The van der Waals surface area contributed by atoms with E-state index in [1.165, 1.54) is 82.8 Å². The number of rotatable bonds is 6. The Morgan fingerprint density at radius 2 is 1.15 bits per heavy atom. The van der Waals surface area contributed by atoms with Crippen LogP contribution in [0.3, 0.4) is 0 Å². The number of nitrogens with zero attached hydrogens (tertiary/aromatic N) is 2. The van der Waals surface area contributed by atoms with E-state index in [1.54, 1.807) is 0 Å². The zero-order valence-corrected chi connectivity index (χ0v) is 33.2. The number of hydrogen-bond acceptors (Lipinski definition) is 1. The minimum Gasteiger partial charge on any atom is -0.310 e. The first-order valence-corrected chi connectivity index (χ1v) is 21.2. The smallest absolute Gasteiger partial charge is 0.0541 e. The lowest BCUT2D eigenvalue weighted by Gasteiger charge is -2.35. The maximum absolute atomic E-state index is 2.46. The molecule has 2 nitrogen and oxygen atoms in total. The standard InChI is InChI=1S/C58H42N2/c1-3-12-39(13-4-1)41-24-28-48(29-25-41)59(55-35-27-47-37-45-19-10-17-42-16-9-18-44(57(42)45)36-46-20-11-22-52(55)58(46)47)49-30-32-50(33-31-49)60-54-23-8-7-21-51(54)53-38-43(26-34-56(53)60)40-14-5-2-6-15-40/h1-35,38,44,57H,36-37H2. The molecule has 2 unspecified atom stereocenters. The Balaban J connectivity index is 1.01. The van der Waals surface area contributed by atoms with Crippen molar-refractivity contribution in [2.24, 2.45) is 11.8 Å². The van der Waals surface area contributed by atoms with Gasteiger partial charge in [-0.15, -0.1) is 0 Å². The van der Waals surface area contributed by atoms with E-state index < -0.39 is 0 Å². The van der Waals surface area contributed by atoms with Crippen LogP contribution in [0.4, 0.5) is 17.1 Å². The van der Waals surface area contributed by atoms with Crippen LogP contribution in [0.25, 0.3) is 60.5 Å². The predicted octanol–water partition coefficient (Wildman–Crippen LogP) is 15.1. The van der Waals surface area contributed by atoms with Gasteiger partial charge in [0.05, 0.1) is 16.7 Å². The van der Waals surface area contributed by atoms with Crippen molar-refractivity contribution in [1.29, 1.82) is 0 Å². The largest absolute Gasteiger partial charge is 0.310 e. The maximum Gasteiger partial charge on any atom is 0.0541 e. The summed E-state index contributed by atoms with van der Waals surface area (Å²) in [5.74, 6) is 0.894. The summed E-state index contributed by atoms with van der Waals surface area (Å²) in [4.78, 5) is 2.46. The highest BCUT2D eigenvalue weighted by Crippen LogP contribution is 2.47. The van der Waals surface area contributed by atoms with E-state index in [0.717, 1.165) is 29.9 Å². The third-order valence-corrected chi connectivity index (χ3v) is 13.1. The van der Waals surface area contributed by atoms with Crippen molar-refractivity contribution in [1.82, 2.24) is 4.57 Å². The Morgan fingerprint density at radius 3 is 1.95 bits per heavy atom. The summed E-state index contributed by atoms with van der Waals surface area (Å²) in [5, 5.41) is 5.20. The van der Waals surface area contributed by atoms with Crippen LogP contribution in [0.5, 0.6) is 0 Å². The molecule has 1 aromatic heterocycles. The van der Waals surface area contributed by atoms with E-state index in [9.17, 15) is 0 Å². The van der Waals surface area contributed by atoms with Crippen LogP contribution < -0.4 is 4.90 Å². The van der Waals surface area contributed by atoms with Gasteiger partial charge in [0.2, 0.25) is 0 Å². The van der Waals surface area contributed by atoms with E-state index in [4.69, 9.17) is 0 Å². The van der Waals surface area contributed by atoms with Crippen molar-refractivity contribution in [3.8, 4) is 27.9 Å². The lowest BCUT2D eigenvalue weighted by atomic mass is 9.69. The molecule has 3 aliphatic rings. The maximum atomic E-state index is 2.46. The molecule has 3 aliphatic carbocycles. The first-order valence-electron chi connectivity index (χ1n) is 21.2. The zero-order chi connectivity index (χ0) is 39.6. The predicted molar refractivity (Wildman–Crippen MR) is 253 cm³/mol. The van der Waals surface area contributed by atoms with Crippen LogP contribution in [0.15, 0.2) is 230 Å². The first kappa shape index (κ1) is 34.6. The van der Waals surface area contributed by atoms with Crippen LogP contribution in [0, 0.1) is 11.8 Å². The van der Waals surface area contributed by atoms with Crippen molar-refractivity contribution in [3.05, 3.63) is 241 Å². The fourth-order valence-electron chi connectivity index (χ4n) is 10.4. The lowest BCUT2D eigenvalue weighted by Crippen LogP contribution is -2.25. The molecule has 60 heavy (non-hydrogen) atoms. The molecule has 0 fully saturated rings.